The Labute approximate surface area is 110 Å². The van der Waals surface area contributed by atoms with Crippen molar-refractivity contribution >= 4 is 11.6 Å². The lowest BCUT2D eigenvalue weighted by atomic mass is 10.1. The Morgan fingerprint density at radius 2 is 2.00 bits per heavy atom. The Bertz CT molecular complexity index is 385. The summed E-state index contributed by atoms with van der Waals surface area (Å²) in [6.07, 6.45) is 8.88. The van der Waals surface area contributed by atoms with E-state index < -0.39 is 0 Å². The van der Waals surface area contributed by atoms with Gasteiger partial charge < -0.3 is 10.6 Å². The molecule has 1 heterocycles. The molecule has 0 amide bonds. The van der Waals surface area contributed by atoms with E-state index in [1.54, 1.807) is 6.33 Å². The van der Waals surface area contributed by atoms with Crippen LogP contribution in [-0.2, 0) is 6.42 Å². The van der Waals surface area contributed by atoms with Crippen molar-refractivity contribution in [3.8, 4) is 0 Å². The van der Waals surface area contributed by atoms with Gasteiger partial charge >= 0.3 is 0 Å². The van der Waals surface area contributed by atoms with Gasteiger partial charge in [-0.3, -0.25) is 0 Å². The molecule has 0 spiro atoms. The first-order chi connectivity index (χ1) is 8.77. The molecule has 1 aromatic heterocycles. The van der Waals surface area contributed by atoms with Gasteiger partial charge in [-0.25, -0.2) is 9.97 Å². The maximum atomic E-state index is 6.02. The molecule has 1 fully saturated rings. The third-order valence-electron chi connectivity index (χ3n) is 3.83. The summed E-state index contributed by atoms with van der Waals surface area (Å²) in [6, 6.07) is 0.639. The molecule has 0 atom stereocenters. The average Bonchev–Trinajstić information content (AvgIpc) is 2.88. The van der Waals surface area contributed by atoms with Gasteiger partial charge in [-0.2, -0.15) is 0 Å². The third-order valence-corrected chi connectivity index (χ3v) is 3.83. The summed E-state index contributed by atoms with van der Waals surface area (Å²) in [5.74, 6) is 1.72. The van der Waals surface area contributed by atoms with E-state index in [0.29, 0.717) is 11.9 Å². The van der Waals surface area contributed by atoms with Crippen LogP contribution in [0.2, 0.25) is 0 Å². The molecule has 0 radical (unpaired) electrons. The van der Waals surface area contributed by atoms with Crippen molar-refractivity contribution in [3.63, 3.8) is 0 Å². The second-order valence-corrected chi connectivity index (χ2v) is 5.04. The van der Waals surface area contributed by atoms with Crippen LogP contribution < -0.4 is 10.6 Å². The molecule has 0 bridgehead atoms. The Morgan fingerprint density at radius 3 is 2.61 bits per heavy atom. The van der Waals surface area contributed by atoms with Gasteiger partial charge in [0.2, 0.25) is 0 Å². The fraction of sp³-hybridized carbons (Fsp3) is 0.714. The van der Waals surface area contributed by atoms with Crippen molar-refractivity contribution in [1.29, 1.82) is 0 Å². The fourth-order valence-corrected chi connectivity index (χ4v) is 2.95. The van der Waals surface area contributed by atoms with E-state index in [-0.39, 0.29) is 0 Å². The minimum Gasteiger partial charge on any atom is -0.383 e. The normalized spacial score (nSPS) is 16.1. The second-order valence-electron chi connectivity index (χ2n) is 5.04. The SMILES string of the molecule is CCCc1c(N)ncnc1N(CC)C1CCCC1. The number of hydrogen-bond donors (Lipinski definition) is 1. The zero-order valence-electron chi connectivity index (χ0n) is 11.5. The second kappa shape index (κ2) is 6.03. The molecule has 1 saturated carbocycles. The maximum absolute atomic E-state index is 6.02. The van der Waals surface area contributed by atoms with Crippen molar-refractivity contribution in [2.45, 2.75) is 58.4 Å². The number of aromatic nitrogens is 2. The Hall–Kier alpha value is -1.32. The van der Waals surface area contributed by atoms with E-state index in [1.807, 2.05) is 0 Å². The smallest absolute Gasteiger partial charge is 0.137 e. The molecular formula is C14H24N4. The lowest BCUT2D eigenvalue weighted by Crippen LogP contribution is -2.34. The highest BCUT2D eigenvalue weighted by molar-refractivity contribution is 5.57. The van der Waals surface area contributed by atoms with Crippen LogP contribution in [0.3, 0.4) is 0 Å². The van der Waals surface area contributed by atoms with E-state index >= 15 is 0 Å². The standard InChI is InChI=1S/C14H24N4/c1-3-7-12-13(15)16-10-17-14(12)18(4-2)11-8-5-6-9-11/h10-11H,3-9H2,1-2H3,(H2,15,16,17). The van der Waals surface area contributed by atoms with E-state index in [2.05, 4.69) is 28.7 Å². The summed E-state index contributed by atoms with van der Waals surface area (Å²) in [7, 11) is 0. The fourth-order valence-electron chi connectivity index (χ4n) is 2.95. The monoisotopic (exact) mass is 248 g/mol. The van der Waals surface area contributed by atoms with Crippen molar-refractivity contribution in [1.82, 2.24) is 9.97 Å². The summed E-state index contributed by atoms with van der Waals surface area (Å²) in [5.41, 5.74) is 7.15. The minimum atomic E-state index is 0.639. The molecule has 1 aliphatic rings. The van der Waals surface area contributed by atoms with Gasteiger partial charge in [0, 0.05) is 18.2 Å². The number of hydrogen-bond acceptors (Lipinski definition) is 4. The van der Waals surface area contributed by atoms with Gasteiger partial charge in [0.25, 0.3) is 0 Å². The molecular weight excluding hydrogens is 224 g/mol. The van der Waals surface area contributed by atoms with Crippen molar-refractivity contribution in [2.75, 3.05) is 17.2 Å². The molecule has 0 aliphatic heterocycles. The van der Waals surface area contributed by atoms with Crippen LogP contribution in [0.1, 0.15) is 51.5 Å². The van der Waals surface area contributed by atoms with Gasteiger partial charge in [0.1, 0.15) is 18.0 Å². The number of nitrogens with zero attached hydrogens (tertiary/aromatic N) is 3. The van der Waals surface area contributed by atoms with Crippen molar-refractivity contribution < 1.29 is 0 Å². The maximum Gasteiger partial charge on any atom is 0.137 e. The highest BCUT2D eigenvalue weighted by Crippen LogP contribution is 2.30. The van der Waals surface area contributed by atoms with Gasteiger partial charge in [-0.05, 0) is 26.2 Å². The van der Waals surface area contributed by atoms with E-state index in [9.17, 15) is 0 Å². The molecule has 100 valence electrons. The molecule has 0 saturated heterocycles. The first-order valence-electron chi connectivity index (χ1n) is 7.13. The zero-order chi connectivity index (χ0) is 13.0. The number of nitrogen functional groups attached to an aromatic ring is 1. The number of nitrogens with two attached hydrogens (primary N) is 1. The Balaban J connectivity index is 2.31. The molecule has 0 aromatic carbocycles. The van der Waals surface area contributed by atoms with Crippen LogP contribution in [0, 0.1) is 0 Å². The predicted molar refractivity (Wildman–Crippen MR) is 75.7 cm³/mol. The Morgan fingerprint density at radius 1 is 1.28 bits per heavy atom. The predicted octanol–water partition coefficient (Wildman–Crippen LogP) is 2.78. The molecule has 1 aromatic rings. The Kier molecular flexibility index (Phi) is 4.39. The molecule has 2 N–H and O–H groups in total. The first-order valence-corrected chi connectivity index (χ1v) is 7.13. The van der Waals surface area contributed by atoms with Crippen LogP contribution in [0.5, 0.6) is 0 Å². The van der Waals surface area contributed by atoms with Crippen LogP contribution in [0.15, 0.2) is 6.33 Å². The molecule has 4 heteroatoms. The summed E-state index contributed by atoms with van der Waals surface area (Å²) >= 11 is 0. The lowest BCUT2D eigenvalue weighted by molar-refractivity contribution is 0.609. The summed E-state index contributed by atoms with van der Waals surface area (Å²) < 4.78 is 0. The highest BCUT2D eigenvalue weighted by atomic mass is 15.2. The summed E-state index contributed by atoms with van der Waals surface area (Å²) in [4.78, 5) is 11.1. The van der Waals surface area contributed by atoms with Crippen molar-refractivity contribution in [3.05, 3.63) is 11.9 Å². The molecule has 2 rings (SSSR count). The summed E-state index contributed by atoms with van der Waals surface area (Å²) in [5, 5.41) is 0. The van der Waals surface area contributed by atoms with Crippen LogP contribution >= 0.6 is 0 Å². The van der Waals surface area contributed by atoms with E-state index in [1.165, 1.54) is 25.7 Å². The van der Waals surface area contributed by atoms with E-state index in [4.69, 9.17) is 5.73 Å². The number of anilines is 2. The van der Waals surface area contributed by atoms with Crippen LogP contribution in [0.25, 0.3) is 0 Å². The van der Waals surface area contributed by atoms with Gasteiger partial charge in [-0.1, -0.05) is 26.2 Å². The number of rotatable bonds is 5. The highest BCUT2D eigenvalue weighted by Gasteiger charge is 2.25. The quantitative estimate of drug-likeness (QED) is 0.870. The zero-order valence-corrected chi connectivity index (χ0v) is 11.5. The average molecular weight is 248 g/mol. The lowest BCUT2D eigenvalue weighted by Gasteiger charge is -2.30. The van der Waals surface area contributed by atoms with Gasteiger partial charge in [-0.15, -0.1) is 0 Å². The third kappa shape index (κ3) is 2.57. The molecule has 0 unspecified atom stereocenters. The summed E-state index contributed by atoms with van der Waals surface area (Å²) in [6.45, 7) is 5.37. The first kappa shape index (κ1) is 13.1. The topological polar surface area (TPSA) is 55.0 Å². The molecule has 18 heavy (non-hydrogen) atoms. The largest absolute Gasteiger partial charge is 0.383 e. The van der Waals surface area contributed by atoms with Crippen molar-refractivity contribution in [2.24, 2.45) is 0 Å². The van der Waals surface area contributed by atoms with Crippen LogP contribution in [0.4, 0.5) is 11.6 Å². The molecule has 4 nitrogen and oxygen atoms in total. The van der Waals surface area contributed by atoms with Crippen LogP contribution in [-0.4, -0.2) is 22.6 Å². The van der Waals surface area contributed by atoms with Gasteiger partial charge in [0.05, 0.1) is 0 Å². The van der Waals surface area contributed by atoms with Gasteiger partial charge in [0.15, 0.2) is 0 Å². The molecule has 1 aliphatic carbocycles. The van der Waals surface area contributed by atoms with E-state index in [0.717, 1.165) is 30.8 Å². The minimum absolute atomic E-state index is 0.639.